The minimum Gasteiger partial charge on any atom is -0.497 e. The number of anilines is 1. The van der Waals surface area contributed by atoms with E-state index in [2.05, 4.69) is 5.32 Å². The van der Waals surface area contributed by atoms with E-state index in [-0.39, 0.29) is 30.7 Å². The molecule has 10 heteroatoms. The standard InChI is InChI=1S/C26H26N2O7S/c1-17-7-12-22-21(13-17)28(36(30,31)20-10-8-18(32-2)9-11-20)15-25(35-22)26(29)27-14-19-16-33-23-5-3-4-6-24(23)34-19/h3-13,19,25H,14-16H2,1-2H3,(H,27,29)/t19-,25+/m0/s1. The van der Waals surface area contributed by atoms with Crippen LogP contribution in [0.3, 0.4) is 0 Å². The summed E-state index contributed by atoms with van der Waals surface area (Å²) in [5.74, 6) is 1.68. The molecule has 9 nitrogen and oxygen atoms in total. The first-order chi connectivity index (χ1) is 17.3. The molecule has 36 heavy (non-hydrogen) atoms. The van der Waals surface area contributed by atoms with Crippen molar-refractivity contribution in [2.75, 3.05) is 31.1 Å². The zero-order valence-electron chi connectivity index (χ0n) is 19.8. The number of methoxy groups -OCH3 is 1. The summed E-state index contributed by atoms with van der Waals surface area (Å²) in [4.78, 5) is 13.2. The number of aryl methyl sites for hydroxylation is 1. The van der Waals surface area contributed by atoms with E-state index in [0.29, 0.717) is 28.7 Å². The molecule has 0 aromatic heterocycles. The van der Waals surface area contributed by atoms with Gasteiger partial charge in [0.1, 0.15) is 24.2 Å². The molecule has 1 amide bonds. The van der Waals surface area contributed by atoms with Crippen LogP contribution in [0.1, 0.15) is 5.56 Å². The van der Waals surface area contributed by atoms with Crippen molar-refractivity contribution in [2.45, 2.75) is 24.0 Å². The zero-order valence-corrected chi connectivity index (χ0v) is 20.7. The Hall–Kier alpha value is -3.92. The van der Waals surface area contributed by atoms with Gasteiger partial charge in [-0.25, -0.2) is 8.42 Å². The molecule has 2 aliphatic rings. The first-order valence-corrected chi connectivity index (χ1v) is 12.9. The molecule has 0 fully saturated rings. The van der Waals surface area contributed by atoms with Gasteiger partial charge in [-0.15, -0.1) is 0 Å². The van der Waals surface area contributed by atoms with Gasteiger partial charge in [-0.1, -0.05) is 18.2 Å². The highest BCUT2D eigenvalue weighted by Crippen LogP contribution is 2.38. The van der Waals surface area contributed by atoms with Crippen LogP contribution >= 0.6 is 0 Å². The van der Waals surface area contributed by atoms with E-state index in [4.69, 9.17) is 18.9 Å². The number of hydrogen-bond donors (Lipinski definition) is 1. The SMILES string of the molecule is COc1ccc(S(=O)(=O)N2C[C@H](C(=O)NC[C@H]3COc4ccccc4O3)Oc3ccc(C)cc32)cc1. The van der Waals surface area contributed by atoms with Crippen LogP contribution < -0.4 is 28.6 Å². The van der Waals surface area contributed by atoms with E-state index in [1.54, 1.807) is 30.3 Å². The van der Waals surface area contributed by atoms with Gasteiger partial charge in [-0.2, -0.15) is 0 Å². The Kier molecular flexibility index (Phi) is 6.36. The van der Waals surface area contributed by atoms with Crippen LogP contribution in [0, 0.1) is 6.92 Å². The fourth-order valence-corrected chi connectivity index (χ4v) is 5.56. The van der Waals surface area contributed by atoms with Gasteiger partial charge in [0.05, 0.1) is 30.8 Å². The summed E-state index contributed by atoms with van der Waals surface area (Å²) in [6.07, 6.45) is -1.44. The monoisotopic (exact) mass is 510 g/mol. The minimum absolute atomic E-state index is 0.0863. The summed E-state index contributed by atoms with van der Waals surface area (Å²) in [5, 5.41) is 2.81. The Morgan fingerprint density at radius 1 is 1.03 bits per heavy atom. The Morgan fingerprint density at radius 3 is 2.53 bits per heavy atom. The third kappa shape index (κ3) is 4.64. The highest BCUT2D eigenvalue weighted by molar-refractivity contribution is 7.92. The topological polar surface area (TPSA) is 103 Å². The molecule has 0 saturated heterocycles. The summed E-state index contributed by atoms with van der Waals surface area (Å²) < 4.78 is 51.1. The van der Waals surface area contributed by atoms with Gasteiger partial charge in [0.15, 0.2) is 17.6 Å². The molecular weight excluding hydrogens is 484 g/mol. The zero-order chi connectivity index (χ0) is 25.3. The second-order valence-electron chi connectivity index (χ2n) is 8.53. The molecule has 0 bridgehead atoms. The molecular formula is C26H26N2O7S. The number of ether oxygens (including phenoxy) is 4. The predicted molar refractivity (Wildman–Crippen MR) is 132 cm³/mol. The van der Waals surface area contributed by atoms with Gasteiger partial charge in [-0.05, 0) is 61.0 Å². The van der Waals surface area contributed by atoms with Crippen molar-refractivity contribution in [1.82, 2.24) is 5.32 Å². The number of para-hydroxylation sites is 2. The molecule has 2 aliphatic heterocycles. The minimum atomic E-state index is -3.98. The lowest BCUT2D eigenvalue weighted by Gasteiger charge is -2.35. The lowest BCUT2D eigenvalue weighted by Crippen LogP contribution is -2.52. The Balaban J connectivity index is 1.34. The Bertz CT molecular complexity index is 1380. The third-order valence-electron chi connectivity index (χ3n) is 6.00. The molecule has 3 aromatic rings. The maximum absolute atomic E-state index is 13.6. The summed E-state index contributed by atoms with van der Waals surface area (Å²) in [6.45, 7) is 2.14. The number of nitrogens with zero attached hydrogens (tertiary/aromatic N) is 1. The molecule has 0 unspecified atom stereocenters. The van der Waals surface area contributed by atoms with Crippen molar-refractivity contribution in [3.8, 4) is 23.0 Å². The number of fused-ring (bicyclic) bond motifs is 2. The van der Waals surface area contributed by atoms with Crippen LogP contribution in [0.5, 0.6) is 23.0 Å². The van der Waals surface area contributed by atoms with Crippen LogP contribution in [0.2, 0.25) is 0 Å². The van der Waals surface area contributed by atoms with Crippen LogP contribution in [0.4, 0.5) is 5.69 Å². The molecule has 188 valence electrons. The molecule has 1 N–H and O–H groups in total. The number of amides is 1. The van der Waals surface area contributed by atoms with Crippen molar-refractivity contribution >= 4 is 21.6 Å². The molecule has 0 saturated carbocycles. The first kappa shape index (κ1) is 23.8. The normalized spacial score (nSPS) is 18.6. The number of benzene rings is 3. The highest BCUT2D eigenvalue weighted by atomic mass is 32.2. The molecule has 3 aromatic carbocycles. The summed E-state index contributed by atoms with van der Waals surface area (Å²) in [7, 11) is -2.47. The smallest absolute Gasteiger partial charge is 0.264 e. The Labute approximate surface area is 209 Å². The number of rotatable bonds is 6. The largest absolute Gasteiger partial charge is 0.497 e. The lowest BCUT2D eigenvalue weighted by molar-refractivity contribution is -0.128. The fourth-order valence-electron chi connectivity index (χ4n) is 4.09. The molecule has 5 rings (SSSR count). The summed E-state index contributed by atoms with van der Waals surface area (Å²) >= 11 is 0. The second kappa shape index (κ2) is 9.62. The second-order valence-corrected chi connectivity index (χ2v) is 10.4. The summed E-state index contributed by atoms with van der Waals surface area (Å²) in [5.41, 5.74) is 1.25. The van der Waals surface area contributed by atoms with E-state index in [9.17, 15) is 13.2 Å². The van der Waals surface area contributed by atoms with E-state index < -0.39 is 22.0 Å². The predicted octanol–water partition coefficient (Wildman–Crippen LogP) is 2.92. The summed E-state index contributed by atoms with van der Waals surface area (Å²) in [6, 6.07) is 18.7. The van der Waals surface area contributed by atoms with Gasteiger partial charge >= 0.3 is 0 Å². The van der Waals surface area contributed by atoms with Gasteiger partial charge in [0.25, 0.3) is 15.9 Å². The number of carbonyl (C=O) groups is 1. The van der Waals surface area contributed by atoms with Crippen molar-refractivity contribution in [1.29, 1.82) is 0 Å². The Morgan fingerprint density at radius 2 is 1.78 bits per heavy atom. The van der Waals surface area contributed by atoms with Crippen LogP contribution in [-0.2, 0) is 14.8 Å². The number of carbonyl (C=O) groups excluding carboxylic acids is 1. The van der Waals surface area contributed by atoms with Gasteiger partial charge in [0.2, 0.25) is 0 Å². The van der Waals surface area contributed by atoms with Crippen molar-refractivity contribution in [3.63, 3.8) is 0 Å². The lowest BCUT2D eigenvalue weighted by atomic mass is 10.1. The number of nitrogens with one attached hydrogen (secondary N) is 1. The van der Waals surface area contributed by atoms with Crippen LogP contribution in [0.15, 0.2) is 71.6 Å². The van der Waals surface area contributed by atoms with Crippen molar-refractivity contribution in [2.24, 2.45) is 0 Å². The highest BCUT2D eigenvalue weighted by Gasteiger charge is 2.38. The fraction of sp³-hybridized carbons (Fsp3) is 0.269. The van der Waals surface area contributed by atoms with E-state index >= 15 is 0 Å². The van der Waals surface area contributed by atoms with Gasteiger partial charge < -0.3 is 24.3 Å². The third-order valence-corrected chi connectivity index (χ3v) is 7.79. The van der Waals surface area contributed by atoms with Gasteiger partial charge in [0, 0.05) is 0 Å². The molecule has 2 atom stereocenters. The first-order valence-electron chi connectivity index (χ1n) is 11.5. The van der Waals surface area contributed by atoms with Gasteiger partial charge in [-0.3, -0.25) is 9.10 Å². The molecule has 0 spiro atoms. The molecule has 2 heterocycles. The average molecular weight is 511 g/mol. The number of sulfonamides is 1. The number of hydrogen-bond acceptors (Lipinski definition) is 7. The van der Waals surface area contributed by atoms with Crippen LogP contribution in [0.25, 0.3) is 0 Å². The molecule has 0 radical (unpaired) electrons. The maximum Gasteiger partial charge on any atom is 0.264 e. The van der Waals surface area contributed by atoms with Crippen LogP contribution in [-0.4, -0.2) is 53.3 Å². The quantitative estimate of drug-likeness (QED) is 0.544. The maximum atomic E-state index is 13.6. The van der Waals surface area contributed by atoms with E-state index in [1.807, 2.05) is 31.2 Å². The van der Waals surface area contributed by atoms with Crippen molar-refractivity contribution < 1.29 is 32.2 Å². The van der Waals surface area contributed by atoms with E-state index in [1.165, 1.54) is 23.5 Å². The van der Waals surface area contributed by atoms with Crippen molar-refractivity contribution in [3.05, 3.63) is 72.3 Å². The average Bonchev–Trinajstić information content (AvgIpc) is 2.91. The van der Waals surface area contributed by atoms with E-state index in [0.717, 1.165) is 5.56 Å². The molecule has 0 aliphatic carbocycles.